The van der Waals surface area contributed by atoms with E-state index in [2.05, 4.69) is 9.84 Å². The molecule has 0 saturated carbocycles. The third kappa shape index (κ3) is 2.96. The summed E-state index contributed by atoms with van der Waals surface area (Å²) < 4.78 is 39.8. The van der Waals surface area contributed by atoms with Crippen LogP contribution in [0.4, 0.5) is 8.78 Å². The van der Waals surface area contributed by atoms with E-state index in [1.54, 1.807) is 12.3 Å². The molecule has 2 aromatic rings. The van der Waals surface area contributed by atoms with Crippen molar-refractivity contribution in [2.24, 2.45) is 0 Å². The molecular weight excluding hydrogens is 306 g/mol. The zero-order valence-corrected chi connectivity index (χ0v) is 12.6. The van der Waals surface area contributed by atoms with Crippen molar-refractivity contribution in [1.29, 1.82) is 0 Å². The van der Waals surface area contributed by atoms with Gasteiger partial charge in [-0.05, 0) is 25.3 Å². The summed E-state index contributed by atoms with van der Waals surface area (Å²) in [6.07, 6.45) is 4.72. The molecule has 1 aliphatic rings. The van der Waals surface area contributed by atoms with Crippen molar-refractivity contribution in [1.82, 2.24) is 9.78 Å². The first-order valence-electron chi connectivity index (χ1n) is 7.34. The third-order valence-corrected chi connectivity index (χ3v) is 3.82. The second-order valence-corrected chi connectivity index (χ2v) is 5.30. The second-order valence-electron chi connectivity index (χ2n) is 5.30. The molecule has 1 atom stereocenters. The Morgan fingerprint density at radius 1 is 1.48 bits per heavy atom. The van der Waals surface area contributed by atoms with Crippen molar-refractivity contribution in [2.45, 2.75) is 25.5 Å². The number of carbonyl (C=O) groups is 1. The van der Waals surface area contributed by atoms with E-state index >= 15 is 0 Å². The van der Waals surface area contributed by atoms with Crippen LogP contribution >= 0.6 is 0 Å². The molecule has 2 heterocycles. The van der Waals surface area contributed by atoms with E-state index < -0.39 is 17.6 Å². The average Bonchev–Trinajstić information content (AvgIpc) is 3.02. The lowest BCUT2D eigenvalue weighted by Crippen LogP contribution is -2.19. The Morgan fingerprint density at radius 3 is 3.00 bits per heavy atom. The van der Waals surface area contributed by atoms with Gasteiger partial charge < -0.3 is 9.47 Å². The van der Waals surface area contributed by atoms with Gasteiger partial charge in [0.05, 0.1) is 13.3 Å². The predicted octanol–water partition coefficient (Wildman–Crippen LogP) is 3.36. The molecule has 0 N–H and O–H groups in total. The fourth-order valence-corrected chi connectivity index (χ4v) is 2.65. The summed E-state index contributed by atoms with van der Waals surface area (Å²) in [7, 11) is 1.06. The zero-order chi connectivity index (χ0) is 16.4. The SMILES string of the molecule is COC(=O)/C(F)=C/c1ccc2cnn(C3CCCCO3)c2c1F. The van der Waals surface area contributed by atoms with Gasteiger partial charge in [0.2, 0.25) is 5.83 Å². The van der Waals surface area contributed by atoms with Crippen molar-refractivity contribution >= 4 is 22.9 Å². The van der Waals surface area contributed by atoms with Crippen LogP contribution in [0.5, 0.6) is 0 Å². The predicted molar refractivity (Wildman–Crippen MR) is 79.6 cm³/mol. The highest BCUT2D eigenvalue weighted by atomic mass is 19.1. The van der Waals surface area contributed by atoms with E-state index in [9.17, 15) is 13.6 Å². The van der Waals surface area contributed by atoms with Gasteiger partial charge in [0.15, 0.2) is 12.0 Å². The van der Waals surface area contributed by atoms with Crippen molar-refractivity contribution in [2.75, 3.05) is 13.7 Å². The highest BCUT2D eigenvalue weighted by Crippen LogP contribution is 2.29. The van der Waals surface area contributed by atoms with Crippen LogP contribution in [0.3, 0.4) is 0 Å². The van der Waals surface area contributed by atoms with Crippen molar-refractivity contribution in [3.63, 3.8) is 0 Å². The highest BCUT2D eigenvalue weighted by Gasteiger charge is 2.21. The number of aromatic nitrogens is 2. The van der Waals surface area contributed by atoms with Crippen LogP contribution in [0.2, 0.25) is 0 Å². The standard InChI is InChI=1S/C16H16F2N2O3/c1-22-16(21)12(17)8-10-5-6-11-9-19-20(15(11)14(10)18)13-4-2-3-7-23-13/h5-6,8-9,13H,2-4,7H2,1H3/b12-8-. The van der Waals surface area contributed by atoms with E-state index in [0.717, 1.165) is 32.4 Å². The van der Waals surface area contributed by atoms with Gasteiger partial charge in [0.25, 0.3) is 0 Å². The first kappa shape index (κ1) is 15.6. The first-order valence-corrected chi connectivity index (χ1v) is 7.34. The summed E-state index contributed by atoms with van der Waals surface area (Å²) in [6.45, 7) is 0.601. The Hall–Kier alpha value is -2.28. The van der Waals surface area contributed by atoms with Gasteiger partial charge in [-0.3, -0.25) is 0 Å². The van der Waals surface area contributed by atoms with Gasteiger partial charge in [0.1, 0.15) is 5.52 Å². The minimum atomic E-state index is -1.16. The summed E-state index contributed by atoms with van der Waals surface area (Å²) in [4.78, 5) is 11.1. The number of esters is 1. The average molecular weight is 322 g/mol. The molecule has 5 nitrogen and oxygen atoms in total. The van der Waals surface area contributed by atoms with Crippen LogP contribution < -0.4 is 0 Å². The lowest BCUT2D eigenvalue weighted by atomic mass is 10.1. The van der Waals surface area contributed by atoms with E-state index in [-0.39, 0.29) is 17.3 Å². The second kappa shape index (κ2) is 6.45. The van der Waals surface area contributed by atoms with Gasteiger partial charge in [-0.15, -0.1) is 0 Å². The molecule has 3 rings (SSSR count). The zero-order valence-electron chi connectivity index (χ0n) is 12.6. The minimum Gasteiger partial charge on any atom is -0.464 e. The number of ether oxygens (including phenoxy) is 2. The number of hydrogen-bond donors (Lipinski definition) is 0. The number of halogens is 2. The van der Waals surface area contributed by atoms with Gasteiger partial charge in [-0.1, -0.05) is 12.1 Å². The molecule has 1 aromatic heterocycles. The monoisotopic (exact) mass is 322 g/mol. The van der Waals surface area contributed by atoms with Gasteiger partial charge >= 0.3 is 5.97 Å². The number of benzene rings is 1. The minimum absolute atomic E-state index is 0.0436. The fourth-order valence-electron chi connectivity index (χ4n) is 2.65. The molecule has 0 radical (unpaired) electrons. The maximum atomic E-state index is 14.8. The van der Waals surface area contributed by atoms with Crippen LogP contribution in [-0.2, 0) is 14.3 Å². The highest BCUT2D eigenvalue weighted by molar-refractivity contribution is 5.92. The first-order chi connectivity index (χ1) is 11.1. The van der Waals surface area contributed by atoms with Crippen LogP contribution in [0.1, 0.15) is 31.1 Å². The van der Waals surface area contributed by atoms with Gasteiger partial charge in [-0.2, -0.15) is 9.49 Å². The quantitative estimate of drug-likeness (QED) is 0.642. The van der Waals surface area contributed by atoms with Crippen LogP contribution in [0.25, 0.3) is 17.0 Å². The summed E-state index contributed by atoms with van der Waals surface area (Å²) in [5.41, 5.74) is 0.196. The molecule has 0 bridgehead atoms. The molecule has 1 aromatic carbocycles. The molecule has 7 heteroatoms. The molecule has 0 amide bonds. The number of methoxy groups -OCH3 is 1. The molecule has 122 valence electrons. The molecule has 1 unspecified atom stereocenters. The third-order valence-electron chi connectivity index (χ3n) is 3.82. The van der Waals surface area contributed by atoms with Crippen molar-refractivity contribution in [3.05, 3.63) is 35.5 Å². The lowest BCUT2D eigenvalue weighted by Gasteiger charge is -2.23. The molecule has 1 aliphatic heterocycles. The Kier molecular flexibility index (Phi) is 4.38. The number of hydrogen-bond acceptors (Lipinski definition) is 4. The Morgan fingerprint density at radius 2 is 2.30 bits per heavy atom. The maximum absolute atomic E-state index is 14.8. The number of nitrogens with zero attached hydrogens (tertiary/aromatic N) is 2. The normalized spacial score (nSPS) is 19.1. The van der Waals surface area contributed by atoms with Crippen LogP contribution in [0.15, 0.2) is 24.2 Å². The Balaban J connectivity index is 2.05. The molecular formula is C16H16F2N2O3. The van der Waals surface area contributed by atoms with E-state index in [4.69, 9.17) is 4.74 Å². The summed E-state index contributed by atoms with van der Waals surface area (Å²) in [5, 5.41) is 4.79. The maximum Gasteiger partial charge on any atom is 0.366 e. The fraction of sp³-hybridized carbons (Fsp3) is 0.375. The van der Waals surface area contributed by atoms with Gasteiger partial charge in [0, 0.05) is 17.6 Å². The van der Waals surface area contributed by atoms with E-state index in [0.29, 0.717) is 12.0 Å². The topological polar surface area (TPSA) is 53.3 Å². The van der Waals surface area contributed by atoms with Crippen molar-refractivity contribution < 1.29 is 23.0 Å². The van der Waals surface area contributed by atoms with E-state index in [1.165, 1.54) is 10.7 Å². The number of rotatable bonds is 3. The Labute approximate surface area is 131 Å². The molecule has 1 saturated heterocycles. The molecule has 0 spiro atoms. The Bertz CT molecular complexity index is 764. The lowest BCUT2D eigenvalue weighted by molar-refractivity contribution is -0.137. The summed E-state index contributed by atoms with van der Waals surface area (Å²) in [6, 6.07) is 3.02. The van der Waals surface area contributed by atoms with Gasteiger partial charge in [-0.25, -0.2) is 13.9 Å². The van der Waals surface area contributed by atoms with Crippen LogP contribution in [0, 0.1) is 5.82 Å². The van der Waals surface area contributed by atoms with E-state index in [1.807, 2.05) is 0 Å². The molecule has 0 aliphatic carbocycles. The largest absolute Gasteiger partial charge is 0.464 e. The van der Waals surface area contributed by atoms with Crippen LogP contribution in [-0.4, -0.2) is 29.5 Å². The summed E-state index contributed by atoms with van der Waals surface area (Å²) >= 11 is 0. The molecule has 1 fully saturated rings. The van der Waals surface area contributed by atoms with Crippen molar-refractivity contribution in [3.8, 4) is 0 Å². The number of fused-ring (bicyclic) bond motifs is 1. The summed E-state index contributed by atoms with van der Waals surface area (Å²) in [5.74, 6) is -2.95. The smallest absolute Gasteiger partial charge is 0.366 e. The number of carbonyl (C=O) groups excluding carboxylic acids is 1. The molecule has 23 heavy (non-hydrogen) atoms.